The van der Waals surface area contributed by atoms with Gasteiger partial charge in [0.05, 0.1) is 5.39 Å². The molecule has 152 valence electrons. The number of thiophene rings is 1. The summed E-state index contributed by atoms with van der Waals surface area (Å²) in [5.41, 5.74) is 9.25. The van der Waals surface area contributed by atoms with Crippen molar-refractivity contribution in [2.24, 2.45) is 5.73 Å². The summed E-state index contributed by atoms with van der Waals surface area (Å²) in [5, 5.41) is 2.49. The predicted octanol–water partition coefficient (Wildman–Crippen LogP) is 4.79. The maximum absolute atomic E-state index is 13.7. The van der Waals surface area contributed by atoms with E-state index < -0.39 is 11.9 Å². The fourth-order valence-electron chi connectivity index (χ4n) is 3.73. The second kappa shape index (κ2) is 8.24. The van der Waals surface area contributed by atoms with E-state index in [9.17, 15) is 9.59 Å². The molecule has 1 unspecified atom stereocenters. The Morgan fingerprint density at radius 3 is 2.37 bits per heavy atom. The first-order valence-electron chi connectivity index (χ1n) is 10.0. The van der Waals surface area contributed by atoms with Crippen LogP contribution in [0, 0.1) is 0 Å². The molecule has 2 aromatic heterocycles. The minimum Gasteiger partial charge on any atom is -0.368 e. The third-order valence-electron chi connectivity index (χ3n) is 5.37. The number of aromatic nitrogens is 2. The number of rotatable bonds is 6. The molecule has 0 fully saturated rings. The molecule has 0 aliphatic carbocycles. The van der Waals surface area contributed by atoms with E-state index in [1.165, 1.54) is 21.5 Å². The van der Waals surface area contributed by atoms with Gasteiger partial charge in [-0.3, -0.25) is 14.2 Å². The van der Waals surface area contributed by atoms with Crippen LogP contribution in [-0.2, 0) is 11.2 Å². The van der Waals surface area contributed by atoms with Gasteiger partial charge in [-0.1, -0.05) is 68.4 Å². The van der Waals surface area contributed by atoms with Gasteiger partial charge in [0, 0.05) is 16.5 Å². The molecule has 2 N–H and O–H groups in total. The molecule has 0 aliphatic rings. The zero-order valence-corrected chi connectivity index (χ0v) is 17.8. The second-order valence-corrected chi connectivity index (χ2v) is 8.04. The lowest BCUT2D eigenvalue weighted by atomic mass is 10.0. The van der Waals surface area contributed by atoms with E-state index in [-0.39, 0.29) is 5.56 Å². The standard InChI is InChI=1S/C24H23N3O2S/c1-3-15-10-12-16(13-11-15)18-14-30-23-20(18)24(29)27(19(4-2)21(25)28)22(26-23)17-8-6-5-7-9-17/h5-14,19H,3-4H2,1-2H3,(H2,25,28). The zero-order valence-electron chi connectivity index (χ0n) is 17.0. The van der Waals surface area contributed by atoms with E-state index in [1.807, 2.05) is 54.8 Å². The number of hydrogen-bond acceptors (Lipinski definition) is 4. The van der Waals surface area contributed by atoms with Crippen molar-refractivity contribution in [3.05, 3.63) is 75.9 Å². The van der Waals surface area contributed by atoms with Crippen molar-refractivity contribution in [2.45, 2.75) is 32.7 Å². The number of nitrogens with two attached hydrogens (primary N) is 1. The fraction of sp³-hybridized carbons (Fsp3) is 0.208. The van der Waals surface area contributed by atoms with Crippen LogP contribution in [-0.4, -0.2) is 15.5 Å². The van der Waals surface area contributed by atoms with Gasteiger partial charge in [0.2, 0.25) is 5.91 Å². The highest BCUT2D eigenvalue weighted by atomic mass is 32.1. The average Bonchev–Trinajstić information content (AvgIpc) is 3.20. The first kappa shape index (κ1) is 20.0. The molecule has 4 aromatic rings. The van der Waals surface area contributed by atoms with Gasteiger partial charge < -0.3 is 5.73 Å². The van der Waals surface area contributed by atoms with Crippen LogP contribution in [0.4, 0.5) is 0 Å². The topological polar surface area (TPSA) is 78.0 Å². The quantitative estimate of drug-likeness (QED) is 0.490. The summed E-state index contributed by atoms with van der Waals surface area (Å²) < 4.78 is 1.47. The molecular formula is C24H23N3O2S. The van der Waals surface area contributed by atoms with Gasteiger partial charge in [-0.15, -0.1) is 11.3 Å². The number of carbonyl (C=O) groups is 1. The summed E-state index contributed by atoms with van der Waals surface area (Å²) in [5.74, 6) is -0.0736. The van der Waals surface area contributed by atoms with Gasteiger partial charge >= 0.3 is 0 Å². The molecule has 0 spiro atoms. The van der Waals surface area contributed by atoms with Crippen LogP contribution in [0.3, 0.4) is 0 Å². The van der Waals surface area contributed by atoms with E-state index >= 15 is 0 Å². The number of hydrogen-bond donors (Lipinski definition) is 1. The highest BCUT2D eigenvalue weighted by molar-refractivity contribution is 7.17. The Morgan fingerprint density at radius 1 is 1.07 bits per heavy atom. The smallest absolute Gasteiger partial charge is 0.263 e. The number of amides is 1. The first-order valence-corrected chi connectivity index (χ1v) is 10.9. The van der Waals surface area contributed by atoms with Crippen molar-refractivity contribution in [3.63, 3.8) is 0 Å². The molecular weight excluding hydrogens is 394 g/mol. The Labute approximate surface area is 178 Å². The van der Waals surface area contributed by atoms with E-state index in [2.05, 4.69) is 19.1 Å². The minimum atomic E-state index is -0.764. The van der Waals surface area contributed by atoms with E-state index in [0.717, 1.165) is 23.1 Å². The van der Waals surface area contributed by atoms with Crippen molar-refractivity contribution in [3.8, 4) is 22.5 Å². The summed E-state index contributed by atoms with van der Waals surface area (Å²) in [4.78, 5) is 31.4. The van der Waals surface area contributed by atoms with Crippen molar-refractivity contribution in [1.29, 1.82) is 0 Å². The van der Waals surface area contributed by atoms with Crippen LogP contribution in [0.25, 0.3) is 32.7 Å². The minimum absolute atomic E-state index is 0.236. The fourth-order valence-corrected chi connectivity index (χ4v) is 4.66. The monoisotopic (exact) mass is 417 g/mol. The largest absolute Gasteiger partial charge is 0.368 e. The third kappa shape index (κ3) is 3.44. The van der Waals surface area contributed by atoms with E-state index in [0.29, 0.717) is 22.5 Å². The number of primary amides is 1. The molecule has 0 bridgehead atoms. The number of benzene rings is 2. The van der Waals surface area contributed by atoms with Crippen molar-refractivity contribution >= 4 is 27.5 Å². The summed E-state index contributed by atoms with van der Waals surface area (Å²) in [6.07, 6.45) is 1.36. The highest BCUT2D eigenvalue weighted by Crippen LogP contribution is 2.33. The van der Waals surface area contributed by atoms with Gasteiger partial charge in [0.25, 0.3) is 5.56 Å². The van der Waals surface area contributed by atoms with Crippen molar-refractivity contribution in [1.82, 2.24) is 9.55 Å². The molecule has 1 amide bonds. The lowest BCUT2D eigenvalue weighted by Gasteiger charge is -2.19. The maximum atomic E-state index is 13.7. The lowest BCUT2D eigenvalue weighted by Crippen LogP contribution is -2.35. The molecule has 30 heavy (non-hydrogen) atoms. The number of carbonyl (C=O) groups excluding carboxylic acids is 1. The molecule has 5 nitrogen and oxygen atoms in total. The van der Waals surface area contributed by atoms with Crippen LogP contribution in [0.15, 0.2) is 64.8 Å². The van der Waals surface area contributed by atoms with Crippen LogP contribution < -0.4 is 11.3 Å². The number of fused-ring (bicyclic) bond motifs is 1. The molecule has 4 rings (SSSR count). The molecule has 2 aromatic carbocycles. The predicted molar refractivity (Wildman–Crippen MR) is 123 cm³/mol. The lowest BCUT2D eigenvalue weighted by molar-refractivity contribution is -0.121. The summed E-state index contributed by atoms with van der Waals surface area (Å²) in [7, 11) is 0. The Hall–Kier alpha value is -3.25. The Morgan fingerprint density at radius 2 is 1.77 bits per heavy atom. The Bertz CT molecular complexity index is 1260. The number of aryl methyl sites for hydroxylation is 1. The molecule has 0 radical (unpaired) electrons. The Kier molecular flexibility index (Phi) is 5.50. The average molecular weight is 418 g/mol. The summed E-state index contributed by atoms with van der Waals surface area (Å²) in [6.45, 7) is 3.95. The molecule has 1 atom stereocenters. The molecule has 0 aliphatic heterocycles. The van der Waals surface area contributed by atoms with Crippen LogP contribution in [0.2, 0.25) is 0 Å². The first-order chi connectivity index (χ1) is 14.5. The van der Waals surface area contributed by atoms with Crippen LogP contribution in [0.1, 0.15) is 31.9 Å². The van der Waals surface area contributed by atoms with Gasteiger partial charge in [0.1, 0.15) is 16.7 Å². The van der Waals surface area contributed by atoms with Gasteiger partial charge in [0.15, 0.2) is 0 Å². The van der Waals surface area contributed by atoms with Crippen LogP contribution in [0.5, 0.6) is 0 Å². The number of nitrogens with zero attached hydrogens (tertiary/aromatic N) is 2. The SMILES string of the molecule is CCc1ccc(-c2csc3nc(-c4ccccc4)n(C(CC)C(N)=O)c(=O)c23)cc1. The van der Waals surface area contributed by atoms with E-state index in [1.54, 1.807) is 0 Å². The normalized spacial score (nSPS) is 12.2. The molecule has 6 heteroatoms. The summed E-state index contributed by atoms with van der Waals surface area (Å²) in [6, 6.07) is 16.9. The Balaban J connectivity index is 2.02. The zero-order chi connectivity index (χ0) is 21.3. The van der Waals surface area contributed by atoms with Gasteiger partial charge in [-0.25, -0.2) is 4.98 Å². The second-order valence-electron chi connectivity index (χ2n) is 7.18. The van der Waals surface area contributed by atoms with Gasteiger partial charge in [-0.05, 0) is 24.0 Å². The molecule has 2 heterocycles. The maximum Gasteiger partial charge on any atom is 0.263 e. The molecule has 0 saturated carbocycles. The third-order valence-corrected chi connectivity index (χ3v) is 6.24. The molecule has 0 saturated heterocycles. The summed E-state index contributed by atoms with van der Waals surface area (Å²) >= 11 is 1.44. The van der Waals surface area contributed by atoms with Crippen molar-refractivity contribution < 1.29 is 4.79 Å². The highest BCUT2D eigenvalue weighted by Gasteiger charge is 2.25. The van der Waals surface area contributed by atoms with Gasteiger partial charge in [-0.2, -0.15) is 0 Å². The van der Waals surface area contributed by atoms with Crippen molar-refractivity contribution in [2.75, 3.05) is 0 Å². The van der Waals surface area contributed by atoms with E-state index in [4.69, 9.17) is 10.7 Å². The van der Waals surface area contributed by atoms with Crippen LogP contribution >= 0.6 is 11.3 Å².